The highest BCUT2D eigenvalue weighted by Crippen LogP contribution is 2.30. The average Bonchev–Trinajstić information content (AvgIpc) is 3.10. The minimum absolute atomic E-state index is 0.0245. The number of methoxy groups -OCH3 is 1. The van der Waals surface area contributed by atoms with Crippen LogP contribution in [0.5, 0.6) is 0 Å². The van der Waals surface area contributed by atoms with Gasteiger partial charge in [-0.05, 0) is 29.3 Å². The summed E-state index contributed by atoms with van der Waals surface area (Å²) in [6.07, 6.45) is 0.330. The Morgan fingerprint density at radius 3 is 2.64 bits per heavy atom. The van der Waals surface area contributed by atoms with Crippen molar-refractivity contribution in [1.29, 1.82) is 0 Å². The summed E-state index contributed by atoms with van der Waals surface area (Å²) in [6.45, 7) is 0.233. The van der Waals surface area contributed by atoms with Gasteiger partial charge in [0.2, 0.25) is 15.9 Å². The zero-order valence-corrected chi connectivity index (χ0v) is 17.1. The highest BCUT2D eigenvalue weighted by atomic mass is 32.2. The Balaban J connectivity index is 1.81. The van der Waals surface area contributed by atoms with Gasteiger partial charge in [0.15, 0.2) is 0 Å². The van der Waals surface area contributed by atoms with Crippen LogP contribution >= 0.6 is 12.6 Å². The molecule has 9 heteroatoms. The zero-order valence-electron chi connectivity index (χ0n) is 15.4. The van der Waals surface area contributed by atoms with Crippen LogP contribution in [0.3, 0.4) is 0 Å². The van der Waals surface area contributed by atoms with Gasteiger partial charge in [-0.25, -0.2) is 8.42 Å². The third kappa shape index (κ3) is 4.31. The minimum Gasteiger partial charge on any atom is -0.469 e. The van der Waals surface area contributed by atoms with Crippen molar-refractivity contribution in [1.82, 2.24) is 9.62 Å². The fraction of sp³-hybridized carbons (Fsp3) is 0.368. The first-order chi connectivity index (χ1) is 13.3. The van der Waals surface area contributed by atoms with Gasteiger partial charge in [-0.2, -0.15) is 16.9 Å². The number of benzene rings is 2. The smallest absolute Gasteiger partial charge is 0.307 e. The number of nitrogens with zero attached hydrogens (tertiary/aromatic N) is 1. The van der Waals surface area contributed by atoms with E-state index < -0.39 is 27.9 Å². The molecule has 2 atom stereocenters. The Bertz CT molecular complexity index is 993. The highest BCUT2D eigenvalue weighted by molar-refractivity contribution is 7.89. The van der Waals surface area contributed by atoms with E-state index >= 15 is 0 Å². The Labute approximate surface area is 169 Å². The van der Waals surface area contributed by atoms with Crippen molar-refractivity contribution in [3.05, 3.63) is 42.5 Å². The molecule has 1 aliphatic heterocycles. The molecule has 0 aliphatic carbocycles. The number of amides is 1. The van der Waals surface area contributed by atoms with Gasteiger partial charge in [0.1, 0.15) is 6.04 Å². The molecule has 0 spiro atoms. The van der Waals surface area contributed by atoms with E-state index in [2.05, 4.69) is 22.7 Å². The van der Waals surface area contributed by atoms with E-state index in [1.165, 1.54) is 11.4 Å². The molecule has 1 heterocycles. The summed E-state index contributed by atoms with van der Waals surface area (Å²) in [6, 6.07) is 11.5. The lowest BCUT2D eigenvalue weighted by atomic mass is 10.1. The quantitative estimate of drug-likeness (QED) is 0.545. The molecule has 2 aromatic carbocycles. The summed E-state index contributed by atoms with van der Waals surface area (Å²) in [4.78, 5) is 23.9. The average molecular weight is 423 g/mol. The summed E-state index contributed by atoms with van der Waals surface area (Å²) < 4.78 is 32.1. The SMILES string of the molecule is COC(=O)CCNC(=O)C1CC(S)CN1S(=O)(=O)c1ccc2ccccc2c1. The Hall–Kier alpha value is -2.10. The molecule has 7 nitrogen and oxygen atoms in total. The second-order valence-electron chi connectivity index (χ2n) is 6.61. The van der Waals surface area contributed by atoms with Crippen LogP contribution in [0.4, 0.5) is 0 Å². The molecule has 2 unspecified atom stereocenters. The number of carbonyl (C=O) groups excluding carboxylic acids is 2. The fourth-order valence-corrected chi connectivity index (χ4v) is 5.42. The molecule has 0 aromatic heterocycles. The van der Waals surface area contributed by atoms with Crippen LogP contribution in [0, 0.1) is 0 Å². The van der Waals surface area contributed by atoms with E-state index in [4.69, 9.17) is 0 Å². The van der Waals surface area contributed by atoms with Crippen LogP contribution in [0.2, 0.25) is 0 Å². The van der Waals surface area contributed by atoms with Crippen molar-refractivity contribution in [3.63, 3.8) is 0 Å². The van der Waals surface area contributed by atoms with Gasteiger partial charge in [0, 0.05) is 18.3 Å². The topological polar surface area (TPSA) is 92.8 Å². The molecule has 2 aromatic rings. The number of thiol groups is 1. The summed E-state index contributed by atoms with van der Waals surface area (Å²) >= 11 is 4.39. The maximum absolute atomic E-state index is 13.2. The van der Waals surface area contributed by atoms with Crippen LogP contribution in [-0.4, -0.2) is 56.1 Å². The van der Waals surface area contributed by atoms with Crippen LogP contribution in [0.1, 0.15) is 12.8 Å². The summed E-state index contributed by atoms with van der Waals surface area (Å²) in [7, 11) is -2.60. The monoisotopic (exact) mass is 422 g/mol. The van der Waals surface area contributed by atoms with E-state index in [1.54, 1.807) is 18.2 Å². The van der Waals surface area contributed by atoms with E-state index in [0.717, 1.165) is 10.8 Å². The molecular weight excluding hydrogens is 400 g/mol. The third-order valence-corrected chi connectivity index (χ3v) is 6.96. The van der Waals surface area contributed by atoms with E-state index in [-0.39, 0.29) is 29.7 Å². The first-order valence-electron chi connectivity index (χ1n) is 8.86. The molecule has 28 heavy (non-hydrogen) atoms. The largest absolute Gasteiger partial charge is 0.469 e. The highest BCUT2D eigenvalue weighted by Gasteiger charge is 2.42. The predicted octanol–water partition coefficient (Wildman–Crippen LogP) is 1.58. The maximum Gasteiger partial charge on any atom is 0.307 e. The maximum atomic E-state index is 13.2. The lowest BCUT2D eigenvalue weighted by Crippen LogP contribution is -2.46. The number of hydrogen-bond donors (Lipinski definition) is 2. The van der Waals surface area contributed by atoms with Crippen LogP contribution in [-0.2, 0) is 24.3 Å². The lowest BCUT2D eigenvalue weighted by molar-refractivity contribution is -0.140. The number of nitrogens with one attached hydrogen (secondary N) is 1. The number of hydrogen-bond acceptors (Lipinski definition) is 6. The lowest BCUT2D eigenvalue weighted by Gasteiger charge is -2.23. The van der Waals surface area contributed by atoms with Gasteiger partial charge in [-0.15, -0.1) is 0 Å². The van der Waals surface area contributed by atoms with Crippen molar-refractivity contribution in [2.24, 2.45) is 0 Å². The van der Waals surface area contributed by atoms with Crippen molar-refractivity contribution >= 4 is 45.3 Å². The molecule has 0 bridgehead atoms. The Morgan fingerprint density at radius 1 is 1.21 bits per heavy atom. The second-order valence-corrected chi connectivity index (χ2v) is 9.23. The number of fused-ring (bicyclic) bond motifs is 1. The normalized spacial score (nSPS) is 20.2. The van der Waals surface area contributed by atoms with Gasteiger partial charge in [0.05, 0.1) is 18.4 Å². The van der Waals surface area contributed by atoms with Crippen LogP contribution in [0.15, 0.2) is 47.4 Å². The van der Waals surface area contributed by atoms with Gasteiger partial charge >= 0.3 is 5.97 Å². The third-order valence-electron chi connectivity index (χ3n) is 4.72. The van der Waals surface area contributed by atoms with Gasteiger partial charge in [0.25, 0.3) is 0 Å². The van der Waals surface area contributed by atoms with Crippen molar-refractivity contribution in [2.45, 2.75) is 29.0 Å². The van der Waals surface area contributed by atoms with Crippen molar-refractivity contribution in [2.75, 3.05) is 20.2 Å². The van der Waals surface area contributed by atoms with Crippen molar-refractivity contribution < 1.29 is 22.7 Å². The number of rotatable bonds is 6. The van der Waals surface area contributed by atoms with Gasteiger partial charge in [-0.3, -0.25) is 9.59 Å². The summed E-state index contributed by atoms with van der Waals surface area (Å²) in [5.41, 5.74) is 0. The molecular formula is C19H22N2O5S2. The van der Waals surface area contributed by atoms with Crippen molar-refractivity contribution in [3.8, 4) is 0 Å². The molecule has 1 N–H and O–H groups in total. The number of ether oxygens (including phenoxy) is 1. The second kappa shape index (κ2) is 8.50. The fourth-order valence-electron chi connectivity index (χ4n) is 3.26. The number of esters is 1. The molecule has 0 saturated carbocycles. The molecule has 0 radical (unpaired) electrons. The zero-order chi connectivity index (χ0) is 20.3. The molecule has 150 valence electrons. The first kappa shape index (κ1) is 20.6. The Morgan fingerprint density at radius 2 is 1.93 bits per heavy atom. The van der Waals surface area contributed by atoms with E-state index in [9.17, 15) is 18.0 Å². The Kier molecular flexibility index (Phi) is 6.26. The molecule has 1 amide bonds. The predicted molar refractivity (Wildman–Crippen MR) is 109 cm³/mol. The van der Waals surface area contributed by atoms with Crippen LogP contribution < -0.4 is 5.32 Å². The standard InChI is InChI=1S/C19H22N2O5S2/c1-26-18(22)8-9-20-19(23)17-11-15(27)12-21(17)28(24,25)16-7-6-13-4-2-3-5-14(13)10-16/h2-7,10,15,17,27H,8-9,11-12H2,1H3,(H,20,23). The summed E-state index contributed by atoms with van der Waals surface area (Å²) in [5, 5.41) is 4.12. The van der Waals surface area contributed by atoms with Gasteiger partial charge in [-0.1, -0.05) is 30.3 Å². The number of sulfonamides is 1. The van der Waals surface area contributed by atoms with E-state index in [1.807, 2.05) is 24.3 Å². The summed E-state index contributed by atoms with van der Waals surface area (Å²) in [5.74, 6) is -0.885. The van der Waals surface area contributed by atoms with Crippen LogP contribution in [0.25, 0.3) is 10.8 Å². The molecule has 3 rings (SSSR count). The van der Waals surface area contributed by atoms with E-state index in [0.29, 0.717) is 6.42 Å². The molecule has 1 aliphatic rings. The molecule has 1 saturated heterocycles. The molecule has 1 fully saturated rings. The minimum atomic E-state index is -3.87. The van der Waals surface area contributed by atoms with Gasteiger partial charge < -0.3 is 10.1 Å². The number of carbonyl (C=O) groups is 2. The first-order valence-corrected chi connectivity index (χ1v) is 10.8.